The van der Waals surface area contributed by atoms with Crippen molar-refractivity contribution >= 4 is 12.0 Å². The van der Waals surface area contributed by atoms with Crippen LogP contribution in [0.1, 0.15) is 29.4 Å². The minimum absolute atomic E-state index is 0.0165. The number of hydrogen-bond acceptors (Lipinski definition) is 5. The molecule has 0 saturated carbocycles. The second-order valence-electron chi connectivity index (χ2n) is 6.70. The van der Waals surface area contributed by atoms with Gasteiger partial charge in [0.25, 0.3) is 0 Å². The van der Waals surface area contributed by atoms with Crippen molar-refractivity contribution in [2.75, 3.05) is 19.6 Å². The maximum Gasteiger partial charge on any atom is 0.416 e. The van der Waals surface area contributed by atoms with Crippen molar-refractivity contribution < 1.29 is 18.0 Å². The van der Waals surface area contributed by atoms with Crippen molar-refractivity contribution in [3.05, 3.63) is 46.8 Å². The Morgan fingerprint density at radius 3 is 2.82 bits per heavy atom. The average Bonchev–Trinajstić information content (AvgIpc) is 3.04. The lowest BCUT2D eigenvalue weighted by Gasteiger charge is -2.33. The molecule has 2 aromatic rings. The van der Waals surface area contributed by atoms with Gasteiger partial charge >= 0.3 is 6.18 Å². The molecule has 10 heteroatoms. The summed E-state index contributed by atoms with van der Waals surface area (Å²) in [5.41, 5.74) is 0.0854. The fraction of sp³-hybridized carbons (Fsp3) is 0.444. The average molecular weight is 394 g/mol. The van der Waals surface area contributed by atoms with Crippen LogP contribution in [0.4, 0.5) is 13.2 Å². The van der Waals surface area contributed by atoms with Crippen LogP contribution in [0.25, 0.3) is 6.08 Å². The van der Waals surface area contributed by atoms with Crippen molar-refractivity contribution in [2.24, 2.45) is 0 Å². The quantitative estimate of drug-likeness (QED) is 0.802. The van der Waals surface area contributed by atoms with Gasteiger partial charge in [0, 0.05) is 31.8 Å². The highest BCUT2D eigenvalue weighted by Gasteiger charge is 2.31. The Bertz CT molecular complexity index is 876. The first-order valence-corrected chi connectivity index (χ1v) is 8.88. The monoisotopic (exact) mass is 394 g/mol. The predicted octanol–water partition coefficient (Wildman–Crippen LogP) is 1.88. The molecular weight excluding hydrogens is 373 g/mol. The molecule has 28 heavy (non-hydrogen) atoms. The Labute approximate surface area is 160 Å². The first-order valence-electron chi connectivity index (χ1n) is 8.88. The summed E-state index contributed by atoms with van der Waals surface area (Å²) in [7, 11) is 0. The van der Waals surface area contributed by atoms with Gasteiger partial charge in [-0.3, -0.25) is 4.79 Å². The van der Waals surface area contributed by atoms with Gasteiger partial charge in [-0.1, -0.05) is 6.07 Å². The lowest BCUT2D eigenvalue weighted by atomic mass is 10.0. The number of rotatable bonds is 4. The number of hydrogen-bond donors (Lipinski definition) is 1. The summed E-state index contributed by atoms with van der Waals surface area (Å²) in [6, 6.07) is 3.46. The van der Waals surface area contributed by atoms with Crippen LogP contribution >= 0.6 is 0 Å². The minimum Gasteiger partial charge on any atom is -0.334 e. The van der Waals surface area contributed by atoms with Crippen molar-refractivity contribution in [1.82, 2.24) is 30.4 Å². The maximum absolute atomic E-state index is 13.1. The van der Waals surface area contributed by atoms with Gasteiger partial charge in [0.2, 0.25) is 5.91 Å². The summed E-state index contributed by atoms with van der Waals surface area (Å²) >= 11 is 0. The molecule has 0 spiro atoms. The summed E-state index contributed by atoms with van der Waals surface area (Å²) in [6.45, 7) is 5.62. The molecule has 7 nitrogen and oxygen atoms in total. The summed E-state index contributed by atoms with van der Waals surface area (Å²) in [5.74, 6) is 0.251. The van der Waals surface area contributed by atoms with E-state index in [0.29, 0.717) is 36.6 Å². The number of alkyl halides is 3. The Kier molecular flexibility index (Phi) is 5.78. The van der Waals surface area contributed by atoms with Crippen LogP contribution in [0.3, 0.4) is 0 Å². The number of halogens is 3. The third-order valence-corrected chi connectivity index (χ3v) is 4.52. The van der Waals surface area contributed by atoms with E-state index in [0.717, 1.165) is 12.1 Å². The summed E-state index contributed by atoms with van der Waals surface area (Å²) in [5, 5.41) is 14.8. The number of benzene rings is 1. The Morgan fingerprint density at radius 1 is 1.39 bits per heavy atom. The first kappa shape index (κ1) is 20.0. The summed E-state index contributed by atoms with van der Waals surface area (Å²) in [4.78, 5) is 15.4. The Hall–Kier alpha value is -2.75. The standard InChI is InChI=1S/C18H21F3N6O/c1-12-10-22-7-8-26(12)17(28)6-4-14-3-5-16(18(19,20)21)9-15(14)11-27-24-13(2)23-25-27/h3-6,9,12,22H,7-8,10-11H2,1-2H3/t12-/m1/s1. The molecule has 0 aliphatic carbocycles. The summed E-state index contributed by atoms with van der Waals surface area (Å²) < 4.78 is 39.3. The zero-order chi connectivity index (χ0) is 20.3. The molecule has 1 aliphatic heterocycles. The SMILES string of the molecule is Cc1nnn(Cc2cc(C(F)(F)F)ccc2C=CC(=O)N2CCNC[C@H]2C)n1. The van der Waals surface area contributed by atoms with Gasteiger partial charge in [0.05, 0.1) is 12.1 Å². The van der Waals surface area contributed by atoms with E-state index < -0.39 is 11.7 Å². The molecule has 1 amide bonds. The molecule has 1 fully saturated rings. The van der Waals surface area contributed by atoms with E-state index in [1.165, 1.54) is 23.0 Å². The van der Waals surface area contributed by atoms with Crippen LogP contribution < -0.4 is 5.32 Å². The molecule has 1 atom stereocenters. The zero-order valence-electron chi connectivity index (χ0n) is 15.6. The molecular formula is C18H21F3N6O. The Balaban J connectivity index is 1.87. The van der Waals surface area contributed by atoms with Gasteiger partial charge in [-0.25, -0.2) is 0 Å². The third kappa shape index (κ3) is 4.75. The fourth-order valence-corrected chi connectivity index (χ4v) is 3.05. The number of nitrogens with zero attached hydrogens (tertiary/aromatic N) is 5. The van der Waals surface area contributed by atoms with Crippen LogP contribution in [0.15, 0.2) is 24.3 Å². The molecule has 1 N–H and O–H groups in total. The van der Waals surface area contributed by atoms with E-state index in [-0.39, 0.29) is 18.5 Å². The number of tetrazole rings is 1. The second kappa shape index (κ2) is 8.09. The van der Waals surface area contributed by atoms with Crippen molar-refractivity contribution in [1.29, 1.82) is 0 Å². The predicted molar refractivity (Wildman–Crippen MR) is 96.2 cm³/mol. The van der Waals surface area contributed by atoms with E-state index in [2.05, 4.69) is 20.7 Å². The second-order valence-corrected chi connectivity index (χ2v) is 6.70. The van der Waals surface area contributed by atoms with Gasteiger partial charge in [0.1, 0.15) is 0 Å². The Morgan fingerprint density at radius 2 is 2.18 bits per heavy atom. The number of amides is 1. The first-order chi connectivity index (χ1) is 13.2. The van der Waals surface area contributed by atoms with Crippen molar-refractivity contribution in [3.63, 3.8) is 0 Å². The van der Waals surface area contributed by atoms with Crippen LogP contribution in [-0.4, -0.2) is 56.7 Å². The van der Waals surface area contributed by atoms with Crippen LogP contribution in [0.5, 0.6) is 0 Å². The van der Waals surface area contributed by atoms with Crippen molar-refractivity contribution in [2.45, 2.75) is 32.6 Å². The number of nitrogens with one attached hydrogen (secondary N) is 1. The molecule has 0 unspecified atom stereocenters. The molecule has 3 rings (SSSR count). The van der Waals surface area contributed by atoms with E-state index in [9.17, 15) is 18.0 Å². The van der Waals surface area contributed by atoms with Gasteiger partial charge in [-0.05, 0) is 48.4 Å². The van der Waals surface area contributed by atoms with E-state index in [1.807, 2.05) is 6.92 Å². The summed E-state index contributed by atoms with van der Waals surface area (Å²) in [6.07, 6.45) is -1.53. The van der Waals surface area contributed by atoms with Crippen molar-refractivity contribution in [3.8, 4) is 0 Å². The topological polar surface area (TPSA) is 75.9 Å². The molecule has 1 aromatic carbocycles. The van der Waals surface area contributed by atoms with Gasteiger partial charge < -0.3 is 10.2 Å². The fourth-order valence-electron chi connectivity index (χ4n) is 3.05. The molecule has 1 aromatic heterocycles. The number of aromatic nitrogens is 4. The molecule has 150 valence electrons. The smallest absolute Gasteiger partial charge is 0.334 e. The third-order valence-electron chi connectivity index (χ3n) is 4.52. The number of piperazine rings is 1. The van der Waals surface area contributed by atoms with Gasteiger partial charge in [-0.15, -0.1) is 10.2 Å². The lowest BCUT2D eigenvalue weighted by molar-refractivity contribution is -0.137. The highest BCUT2D eigenvalue weighted by Crippen LogP contribution is 2.31. The normalized spacial score (nSPS) is 18.0. The number of carbonyl (C=O) groups excluding carboxylic acids is 1. The number of aryl methyl sites for hydroxylation is 1. The van der Waals surface area contributed by atoms with E-state index >= 15 is 0 Å². The zero-order valence-corrected chi connectivity index (χ0v) is 15.6. The highest BCUT2D eigenvalue weighted by atomic mass is 19.4. The molecule has 0 bridgehead atoms. The van der Waals surface area contributed by atoms with E-state index in [4.69, 9.17) is 0 Å². The maximum atomic E-state index is 13.1. The molecule has 0 radical (unpaired) electrons. The van der Waals surface area contributed by atoms with Crippen LogP contribution in [0, 0.1) is 6.92 Å². The van der Waals surface area contributed by atoms with Gasteiger partial charge in [-0.2, -0.15) is 18.0 Å². The molecule has 2 heterocycles. The molecule has 1 aliphatic rings. The van der Waals surface area contributed by atoms with Crippen LogP contribution in [-0.2, 0) is 17.5 Å². The van der Waals surface area contributed by atoms with Gasteiger partial charge in [0.15, 0.2) is 5.82 Å². The minimum atomic E-state index is -4.46. The molecule has 1 saturated heterocycles. The number of carbonyl (C=O) groups is 1. The largest absolute Gasteiger partial charge is 0.416 e. The lowest BCUT2D eigenvalue weighted by Crippen LogP contribution is -2.51. The van der Waals surface area contributed by atoms with E-state index in [1.54, 1.807) is 11.8 Å². The van der Waals surface area contributed by atoms with Crippen LogP contribution in [0.2, 0.25) is 0 Å². The highest BCUT2D eigenvalue weighted by molar-refractivity contribution is 5.92.